The molecule has 0 radical (unpaired) electrons. The van der Waals surface area contributed by atoms with Gasteiger partial charge in [0.05, 0.1) is 6.10 Å². The summed E-state index contributed by atoms with van der Waals surface area (Å²) in [6, 6.07) is 0. The summed E-state index contributed by atoms with van der Waals surface area (Å²) in [5, 5.41) is 28.1. The molecule has 0 aromatic heterocycles. The second kappa shape index (κ2) is 6.10. The van der Waals surface area contributed by atoms with E-state index in [4.69, 9.17) is 5.73 Å². The fourth-order valence-corrected chi connectivity index (χ4v) is 1.80. The Labute approximate surface area is 94.6 Å². The molecule has 16 heavy (non-hydrogen) atoms. The van der Waals surface area contributed by atoms with Gasteiger partial charge in [-0.1, -0.05) is 11.6 Å². The van der Waals surface area contributed by atoms with E-state index in [1.54, 1.807) is 0 Å². The molecule has 5 N–H and O–H groups in total. The molecular formula is C11H19NO4. The maximum atomic E-state index is 11.4. The molecule has 92 valence electrons. The van der Waals surface area contributed by atoms with E-state index < -0.39 is 18.3 Å². The van der Waals surface area contributed by atoms with Crippen LogP contribution in [-0.4, -0.2) is 46.0 Å². The van der Waals surface area contributed by atoms with Crippen LogP contribution in [0, 0.1) is 0 Å². The molecule has 5 nitrogen and oxygen atoms in total. The van der Waals surface area contributed by atoms with Crippen molar-refractivity contribution in [2.45, 2.75) is 44.0 Å². The number of rotatable bonds is 5. The zero-order valence-corrected chi connectivity index (χ0v) is 9.17. The number of carbonyl (C=O) groups is 1. The monoisotopic (exact) mass is 229 g/mol. The van der Waals surface area contributed by atoms with Crippen LogP contribution in [0.3, 0.4) is 0 Å². The Morgan fingerprint density at radius 1 is 1.44 bits per heavy atom. The molecule has 0 saturated heterocycles. The normalized spacial score (nSPS) is 30.0. The summed E-state index contributed by atoms with van der Waals surface area (Å²) in [6.07, 6.45) is -0.227. The first-order chi connectivity index (χ1) is 7.54. The number of carbonyl (C=O) groups excluding carboxylic acids is 1. The second-order valence-electron chi connectivity index (χ2n) is 4.19. The van der Waals surface area contributed by atoms with Gasteiger partial charge in [-0.05, 0) is 19.4 Å². The highest BCUT2D eigenvalue weighted by Crippen LogP contribution is 2.22. The van der Waals surface area contributed by atoms with Crippen LogP contribution in [0.1, 0.15) is 25.7 Å². The van der Waals surface area contributed by atoms with E-state index >= 15 is 0 Å². The average molecular weight is 229 g/mol. The van der Waals surface area contributed by atoms with Crippen LogP contribution in [-0.2, 0) is 4.79 Å². The van der Waals surface area contributed by atoms with Gasteiger partial charge in [0.15, 0.2) is 0 Å². The standard InChI is InChI=1S/C11H19NO4/c12-3-1-2-8(13)4-7-5-9(14)11(16)10(15)6-7/h5,9-11,14-16H,1-4,6,12H2. The van der Waals surface area contributed by atoms with Gasteiger partial charge >= 0.3 is 0 Å². The number of hydrogen-bond donors (Lipinski definition) is 4. The predicted molar refractivity (Wildman–Crippen MR) is 58.6 cm³/mol. The predicted octanol–water partition coefficient (Wildman–Crippen LogP) is -0.903. The van der Waals surface area contributed by atoms with Crippen molar-refractivity contribution in [2.24, 2.45) is 5.73 Å². The number of aliphatic hydroxyl groups is 3. The Hall–Kier alpha value is -0.750. The van der Waals surface area contributed by atoms with Crippen LogP contribution in [0.4, 0.5) is 0 Å². The lowest BCUT2D eigenvalue weighted by molar-refractivity contribution is -0.118. The summed E-state index contributed by atoms with van der Waals surface area (Å²) in [7, 11) is 0. The topological polar surface area (TPSA) is 104 Å². The number of nitrogens with two attached hydrogens (primary N) is 1. The van der Waals surface area contributed by atoms with Crippen LogP contribution >= 0.6 is 0 Å². The van der Waals surface area contributed by atoms with Crippen molar-refractivity contribution in [3.63, 3.8) is 0 Å². The van der Waals surface area contributed by atoms with Gasteiger partial charge in [0.1, 0.15) is 18.0 Å². The first kappa shape index (κ1) is 13.3. The molecule has 3 atom stereocenters. The van der Waals surface area contributed by atoms with Crippen LogP contribution in [0.2, 0.25) is 0 Å². The zero-order chi connectivity index (χ0) is 12.1. The highest BCUT2D eigenvalue weighted by Gasteiger charge is 2.29. The first-order valence-electron chi connectivity index (χ1n) is 5.50. The number of hydrogen-bond acceptors (Lipinski definition) is 5. The smallest absolute Gasteiger partial charge is 0.136 e. The highest BCUT2D eigenvalue weighted by atomic mass is 16.4. The second-order valence-corrected chi connectivity index (χ2v) is 4.19. The maximum absolute atomic E-state index is 11.4. The molecule has 0 aliphatic heterocycles. The lowest BCUT2D eigenvalue weighted by Crippen LogP contribution is -2.40. The Morgan fingerprint density at radius 2 is 2.12 bits per heavy atom. The van der Waals surface area contributed by atoms with Crippen molar-refractivity contribution >= 4 is 5.78 Å². The Kier molecular flexibility index (Phi) is 5.08. The highest BCUT2D eigenvalue weighted by molar-refractivity contribution is 5.80. The lowest BCUT2D eigenvalue weighted by Gasteiger charge is -2.27. The molecule has 0 bridgehead atoms. The average Bonchev–Trinajstić information content (AvgIpc) is 2.23. The minimum Gasteiger partial charge on any atom is -0.390 e. The SMILES string of the molecule is NCCCC(=O)CC1=CC(O)C(O)C(O)C1. The van der Waals surface area contributed by atoms with E-state index in [1.807, 2.05) is 0 Å². The van der Waals surface area contributed by atoms with Gasteiger partial charge in [-0.25, -0.2) is 0 Å². The van der Waals surface area contributed by atoms with Crippen LogP contribution < -0.4 is 5.73 Å². The quantitative estimate of drug-likeness (QED) is 0.457. The summed E-state index contributed by atoms with van der Waals surface area (Å²) in [6.45, 7) is 0.481. The van der Waals surface area contributed by atoms with E-state index in [9.17, 15) is 20.1 Å². The number of ketones is 1. The van der Waals surface area contributed by atoms with E-state index in [0.717, 1.165) is 0 Å². The minimum absolute atomic E-state index is 0.0486. The van der Waals surface area contributed by atoms with Crippen molar-refractivity contribution in [3.05, 3.63) is 11.6 Å². The van der Waals surface area contributed by atoms with Gasteiger partial charge < -0.3 is 21.1 Å². The van der Waals surface area contributed by atoms with Crippen LogP contribution in [0.5, 0.6) is 0 Å². The Balaban J connectivity index is 2.48. The molecule has 0 aromatic carbocycles. The van der Waals surface area contributed by atoms with Gasteiger partial charge in [0.25, 0.3) is 0 Å². The van der Waals surface area contributed by atoms with Gasteiger partial charge in [0, 0.05) is 12.8 Å². The summed E-state index contributed by atoms with van der Waals surface area (Å²) in [4.78, 5) is 11.4. The summed E-state index contributed by atoms with van der Waals surface area (Å²) in [5.74, 6) is 0.0486. The molecule has 0 aromatic rings. The number of aliphatic hydroxyl groups excluding tert-OH is 3. The third kappa shape index (κ3) is 3.68. The number of Topliss-reactive ketones (excluding diaryl/α,β-unsaturated/α-hetero) is 1. The van der Waals surface area contributed by atoms with E-state index in [1.165, 1.54) is 6.08 Å². The van der Waals surface area contributed by atoms with Crippen molar-refractivity contribution < 1.29 is 20.1 Å². The van der Waals surface area contributed by atoms with E-state index in [0.29, 0.717) is 25.0 Å². The van der Waals surface area contributed by atoms with Crippen LogP contribution in [0.15, 0.2) is 11.6 Å². The molecule has 1 aliphatic rings. The van der Waals surface area contributed by atoms with Crippen molar-refractivity contribution in [3.8, 4) is 0 Å². The first-order valence-corrected chi connectivity index (χ1v) is 5.50. The van der Waals surface area contributed by atoms with Crippen molar-refractivity contribution in [2.75, 3.05) is 6.54 Å². The molecule has 0 heterocycles. The minimum atomic E-state index is -1.15. The summed E-state index contributed by atoms with van der Waals surface area (Å²) < 4.78 is 0. The fourth-order valence-electron chi connectivity index (χ4n) is 1.80. The molecule has 3 unspecified atom stereocenters. The molecule has 0 amide bonds. The molecule has 1 rings (SSSR count). The zero-order valence-electron chi connectivity index (χ0n) is 9.17. The maximum Gasteiger partial charge on any atom is 0.136 e. The molecule has 0 saturated carbocycles. The molecule has 0 fully saturated rings. The fraction of sp³-hybridized carbons (Fsp3) is 0.727. The molecule has 1 aliphatic carbocycles. The lowest BCUT2D eigenvalue weighted by atomic mass is 9.89. The summed E-state index contributed by atoms with van der Waals surface area (Å²) in [5.41, 5.74) is 5.98. The summed E-state index contributed by atoms with van der Waals surface area (Å²) >= 11 is 0. The van der Waals surface area contributed by atoms with Crippen LogP contribution in [0.25, 0.3) is 0 Å². The van der Waals surface area contributed by atoms with Crippen molar-refractivity contribution in [1.29, 1.82) is 0 Å². The largest absolute Gasteiger partial charge is 0.390 e. The van der Waals surface area contributed by atoms with E-state index in [2.05, 4.69) is 0 Å². The van der Waals surface area contributed by atoms with E-state index in [-0.39, 0.29) is 18.6 Å². The van der Waals surface area contributed by atoms with Gasteiger partial charge in [-0.2, -0.15) is 0 Å². The van der Waals surface area contributed by atoms with Crippen molar-refractivity contribution in [1.82, 2.24) is 0 Å². The Bertz CT molecular complexity index is 277. The van der Waals surface area contributed by atoms with Gasteiger partial charge in [-0.15, -0.1) is 0 Å². The molecular weight excluding hydrogens is 210 g/mol. The molecule has 0 spiro atoms. The Morgan fingerprint density at radius 3 is 2.69 bits per heavy atom. The van der Waals surface area contributed by atoms with Gasteiger partial charge in [-0.3, -0.25) is 4.79 Å². The third-order valence-corrected chi connectivity index (χ3v) is 2.71. The third-order valence-electron chi connectivity index (χ3n) is 2.71. The molecule has 5 heteroatoms. The van der Waals surface area contributed by atoms with Gasteiger partial charge in [0.2, 0.25) is 0 Å².